The number of rotatable bonds is 5. The van der Waals surface area contributed by atoms with Crippen LogP contribution in [0.3, 0.4) is 0 Å². The van der Waals surface area contributed by atoms with Gasteiger partial charge in [0.25, 0.3) is 0 Å². The minimum atomic E-state index is 0.161. The highest BCUT2D eigenvalue weighted by Gasteiger charge is 2.29. The number of nitrogens with zero attached hydrogens (tertiary/aromatic N) is 3. The van der Waals surface area contributed by atoms with Gasteiger partial charge < -0.3 is 14.7 Å². The van der Waals surface area contributed by atoms with E-state index in [1.54, 1.807) is 6.08 Å². The van der Waals surface area contributed by atoms with Crippen LogP contribution in [0.2, 0.25) is 0 Å². The number of hydrogen-bond donors (Lipinski definition) is 0. The van der Waals surface area contributed by atoms with Crippen molar-refractivity contribution >= 4 is 17.7 Å². The third kappa shape index (κ3) is 4.18. The molecule has 0 aliphatic carbocycles. The molecular formula is C20H29N3O. The van der Waals surface area contributed by atoms with Gasteiger partial charge in [-0.2, -0.15) is 0 Å². The lowest BCUT2D eigenvalue weighted by Gasteiger charge is -2.27. The number of carbonyl (C=O) groups excluding carboxylic acids is 1. The van der Waals surface area contributed by atoms with Crippen molar-refractivity contribution in [3.8, 4) is 0 Å². The fourth-order valence-corrected chi connectivity index (χ4v) is 3.73. The Morgan fingerprint density at radius 2 is 1.83 bits per heavy atom. The third-order valence-electron chi connectivity index (χ3n) is 5.16. The van der Waals surface area contributed by atoms with E-state index in [0.717, 1.165) is 31.5 Å². The van der Waals surface area contributed by atoms with Gasteiger partial charge in [0.1, 0.15) is 0 Å². The van der Waals surface area contributed by atoms with Gasteiger partial charge >= 0.3 is 0 Å². The molecule has 3 rings (SSSR count). The van der Waals surface area contributed by atoms with Crippen LogP contribution in [0.25, 0.3) is 6.08 Å². The summed E-state index contributed by atoms with van der Waals surface area (Å²) in [5.41, 5.74) is 2.24. The van der Waals surface area contributed by atoms with Crippen LogP contribution in [0.1, 0.15) is 31.2 Å². The van der Waals surface area contributed by atoms with Crippen LogP contribution in [0.4, 0.5) is 5.69 Å². The van der Waals surface area contributed by atoms with Crippen LogP contribution in [0.5, 0.6) is 0 Å². The van der Waals surface area contributed by atoms with Gasteiger partial charge in [0.15, 0.2) is 0 Å². The van der Waals surface area contributed by atoms with Gasteiger partial charge in [-0.1, -0.05) is 12.1 Å². The van der Waals surface area contributed by atoms with E-state index in [4.69, 9.17) is 0 Å². The molecule has 2 saturated heterocycles. The molecule has 1 amide bonds. The molecule has 2 aliphatic rings. The quantitative estimate of drug-likeness (QED) is 0.778. The predicted octanol–water partition coefficient (Wildman–Crippen LogP) is 2.85. The molecular weight excluding hydrogens is 298 g/mol. The maximum Gasteiger partial charge on any atom is 0.246 e. The van der Waals surface area contributed by atoms with E-state index < -0.39 is 0 Å². The Bertz CT molecular complexity index is 573. The number of anilines is 1. The average molecular weight is 327 g/mol. The van der Waals surface area contributed by atoms with Gasteiger partial charge in [0.05, 0.1) is 0 Å². The van der Waals surface area contributed by atoms with Crippen molar-refractivity contribution in [2.75, 3.05) is 45.2 Å². The summed E-state index contributed by atoms with van der Waals surface area (Å²) in [5.74, 6) is 0.161. The molecule has 4 nitrogen and oxygen atoms in total. The monoisotopic (exact) mass is 327 g/mol. The van der Waals surface area contributed by atoms with Crippen LogP contribution in [-0.4, -0.2) is 62.0 Å². The molecule has 2 heterocycles. The standard InChI is InChI=1S/C20H29N3O/c1-21(2)18-10-7-17(8-11-18)9-12-20(24)23-15-5-6-19(23)16-22-13-3-4-14-22/h7-12,19H,3-6,13-16H2,1-2H3/t19-/m0/s1. The Kier molecular flexibility index (Phi) is 5.56. The largest absolute Gasteiger partial charge is 0.378 e. The summed E-state index contributed by atoms with van der Waals surface area (Å²) in [7, 11) is 4.06. The van der Waals surface area contributed by atoms with Gasteiger partial charge in [-0.15, -0.1) is 0 Å². The molecule has 130 valence electrons. The van der Waals surface area contributed by atoms with Crippen LogP contribution < -0.4 is 4.90 Å². The molecule has 1 aromatic rings. The van der Waals surface area contributed by atoms with E-state index in [2.05, 4.69) is 39.0 Å². The summed E-state index contributed by atoms with van der Waals surface area (Å²) < 4.78 is 0. The highest BCUT2D eigenvalue weighted by molar-refractivity contribution is 5.92. The molecule has 2 fully saturated rings. The molecule has 4 heteroatoms. The van der Waals surface area contributed by atoms with Crippen molar-refractivity contribution in [1.29, 1.82) is 0 Å². The smallest absolute Gasteiger partial charge is 0.246 e. The van der Waals surface area contributed by atoms with Gasteiger partial charge in [0, 0.05) is 45.0 Å². The van der Waals surface area contributed by atoms with E-state index in [0.29, 0.717) is 6.04 Å². The SMILES string of the molecule is CN(C)c1ccc(C=CC(=O)N2CCC[C@H]2CN2CCCC2)cc1. The van der Waals surface area contributed by atoms with Crippen molar-refractivity contribution in [1.82, 2.24) is 9.80 Å². The van der Waals surface area contributed by atoms with Crippen LogP contribution in [0, 0.1) is 0 Å². The summed E-state index contributed by atoms with van der Waals surface area (Å²) in [5, 5.41) is 0. The number of hydrogen-bond acceptors (Lipinski definition) is 3. The normalized spacial score (nSPS) is 21.8. The zero-order valence-corrected chi connectivity index (χ0v) is 14.9. The van der Waals surface area contributed by atoms with E-state index in [-0.39, 0.29) is 5.91 Å². The summed E-state index contributed by atoms with van der Waals surface area (Å²) in [6, 6.07) is 8.68. The lowest BCUT2D eigenvalue weighted by atomic mass is 10.1. The minimum absolute atomic E-state index is 0.161. The summed E-state index contributed by atoms with van der Waals surface area (Å²) >= 11 is 0. The second-order valence-electron chi connectivity index (χ2n) is 7.15. The molecule has 0 N–H and O–H groups in total. The van der Waals surface area contributed by atoms with Crippen LogP contribution in [0.15, 0.2) is 30.3 Å². The number of likely N-dealkylation sites (tertiary alicyclic amines) is 2. The van der Waals surface area contributed by atoms with Crippen molar-refractivity contribution in [2.45, 2.75) is 31.7 Å². The molecule has 1 aromatic carbocycles. The summed E-state index contributed by atoms with van der Waals surface area (Å²) in [4.78, 5) is 19.3. The first-order chi connectivity index (χ1) is 11.6. The van der Waals surface area contributed by atoms with Gasteiger partial charge in [-0.25, -0.2) is 0 Å². The molecule has 24 heavy (non-hydrogen) atoms. The maximum absolute atomic E-state index is 12.6. The Hall–Kier alpha value is -1.81. The van der Waals surface area contributed by atoms with Crippen molar-refractivity contribution in [2.24, 2.45) is 0 Å². The Morgan fingerprint density at radius 3 is 2.50 bits per heavy atom. The first-order valence-corrected chi connectivity index (χ1v) is 9.12. The number of amides is 1. The lowest BCUT2D eigenvalue weighted by molar-refractivity contribution is -0.127. The zero-order chi connectivity index (χ0) is 16.9. The van der Waals surface area contributed by atoms with E-state index in [1.807, 2.05) is 20.2 Å². The van der Waals surface area contributed by atoms with Gasteiger partial charge in [-0.05, 0) is 62.5 Å². The summed E-state index contributed by atoms with van der Waals surface area (Å²) in [6.07, 6.45) is 8.58. The second-order valence-corrected chi connectivity index (χ2v) is 7.15. The van der Waals surface area contributed by atoms with Gasteiger partial charge in [0.2, 0.25) is 5.91 Å². The molecule has 2 aliphatic heterocycles. The lowest BCUT2D eigenvalue weighted by Crippen LogP contribution is -2.41. The molecule has 0 aromatic heterocycles. The Balaban J connectivity index is 1.58. The van der Waals surface area contributed by atoms with Crippen LogP contribution in [-0.2, 0) is 4.79 Å². The molecule has 0 bridgehead atoms. The van der Waals surface area contributed by atoms with Crippen molar-refractivity contribution in [3.05, 3.63) is 35.9 Å². The molecule has 0 spiro atoms. The van der Waals surface area contributed by atoms with E-state index in [9.17, 15) is 4.79 Å². The zero-order valence-electron chi connectivity index (χ0n) is 14.9. The summed E-state index contributed by atoms with van der Waals surface area (Å²) in [6.45, 7) is 4.36. The molecule has 0 unspecified atom stereocenters. The maximum atomic E-state index is 12.6. The van der Waals surface area contributed by atoms with Crippen molar-refractivity contribution in [3.63, 3.8) is 0 Å². The highest BCUT2D eigenvalue weighted by Crippen LogP contribution is 2.21. The van der Waals surface area contributed by atoms with Crippen molar-refractivity contribution < 1.29 is 4.79 Å². The van der Waals surface area contributed by atoms with E-state index in [1.165, 1.54) is 31.6 Å². The van der Waals surface area contributed by atoms with Gasteiger partial charge in [-0.3, -0.25) is 4.79 Å². The fourth-order valence-electron chi connectivity index (χ4n) is 3.73. The molecule has 0 saturated carbocycles. The minimum Gasteiger partial charge on any atom is -0.378 e. The fraction of sp³-hybridized carbons (Fsp3) is 0.550. The topological polar surface area (TPSA) is 26.8 Å². The molecule has 1 atom stereocenters. The average Bonchev–Trinajstić information content (AvgIpc) is 3.25. The van der Waals surface area contributed by atoms with E-state index >= 15 is 0 Å². The number of carbonyl (C=O) groups is 1. The first kappa shape index (κ1) is 17.0. The third-order valence-corrected chi connectivity index (χ3v) is 5.16. The molecule has 0 radical (unpaired) electrons. The number of benzene rings is 1. The Labute approximate surface area is 145 Å². The Morgan fingerprint density at radius 1 is 1.12 bits per heavy atom. The predicted molar refractivity (Wildman–Crippen MR) is 100 cm³/mol. The first-order valence-electron chi connectivity index (χ1n) is 9.12. The second kappa shape index (κ2) is 7.84. The van der Waals surface area contributed by atoms with Crippen LogP contribution >= 0.6 is 0 Å². The highest BCUT2D eigenvalue weighted by atomic mass is 16.2.